The van der Waals surface area contributed by atoms with E-state index in [0.29, 0.717) is 17.8 Å². The molecular weight excluding hydrogens is 392 g/mol. The number of sulfonamides is 1. The number of carbonyl (C=O) groups is 1. The molecule has 0 heterocycles. The Balaban J connectivity index is 1.78. The van der Waals surface area contributed by atoms with Crippen LogP contribution in [0.5, 0.6) is 0 Å². The molecule has 0 bridgehead atoms. The lowest BCUT2D eigenvalue weighted by Crippen LogP contribution is -2.33. The Bertz CT molecular complexity index is 904. The topological polar surface area (TPSA) is 66.5 Å². The Morgan fingerprint density at radius 2 is 1.68 bits per heavy atom. The minimum Gasteiger partial charge on any atom is -0.349 e. The van der Waals surface area contributed by atoms with Crippen molar-refractivity contribution >= 4 is 33.4 Å². The molecule has 7 heteroatoms. The highest BCUT2D eigenvalue weighted by molar-refractivity contribution is 7.98. The number of hydrogen-bond acceptors (Lipinski definition) is 4. The molecule has 1 aliphatic rings. The lowest BCUT2D eigenvalue weighted by atomic mass is 10.1. The Labute approximate surface area is 171 Å². The molecule has 1 fully saturated rings. The van der Waals surface area contributed by atoms with Crippen molar-refractivity contribution in [2.75, 3.05) is 17.1 Å². The molecule has 2 aromatic rings. The van der Waals surface area contributed by atoms with Gasteiger partial charge >= 0.3 is 0 Å². The van der Waals surface area contributed by atoms with Gasteiger partial charge in [-0.1, -0.05) is 12.8 Å². The van der Waals surface area contributed by atoms with E-state index in [0.717, 1.165) is 30.6 Å². The number of nitrogens with one attached hydrogen (secondary N) is 1. The van der Waals surface area contributed by atoms with Gasteiger partial charge in [-0.2, -0.15) is 0 Å². The van der Waals surface area contributed by atoms with Crippen molar-refractivity contribution in [2.24, 2.45) is 0 Å². The summed E-state index contributed by atoms with van der Waals surface area (Å²) in [6, 6.07) is 13.9. The first-order valence-electron chi connectivity index (χ1n) is 9.53. The van der Waals surface area contributed by atoms with Crippen LogP contribution < -0.4 is 9.62 Å². The van der Waals surface area contributed by atoms with Crippen molar-refractivity contribution < 1.29 is 13.2 Å². The van der Waals surface area contributed by atoms with Crippen molar-refractivity contribution in [3.05, 3.63) is 54.1 Å². The molecule has 0 radical (unpaired) electrons. The number of anilines is 1. The highest BCUT2D eigenvalue weighted by Gasteiger charge is 2.24. The molecule has 3 rings (SSSR count). The van der Waals surface area contributed by atoms with Gasteiger partial charge in [0.05, 0.1) is 10.6 Å². The highest BCUT2D eigenvalue weighted by atomic mass is 32.2. The minimum absolute atomic E-state index is 0.1000. The number of thioether (sulfide) groups is 1. The first-order valence-corrected chi connectivity index (χ1v) is 12.2. The number of benzene rings is 2. The molecule has 1 N–H and O–H groups in total. The fraction of sp³-hybridized carbons (Fsp3) is 0.381. The van der Waals surface area contributed by atoms with Crippen LogP contribution in [0, 0.1) is 0 Å². The fourth-order valence-corrected chi connectivity index (χ4v) is 5.37. The second-order valence-electron chi connectivity index (χ2n) is 6.85. The third-order valence-corrected chi connectivity index (χ3v) is 7.70. The van der Waals surface area contributed by atoms with Crippen LogP contribution in [0.2, 0.25) is 0 Å². The van der Waals surface area contributed by atoms with Crippen LogP contribution in [-0.2, 0) is 10.0 Å². The van der Waals surface area contributed by atoms with E-state index in [9.17, 15) is 13.2 Å². The summed E-state index contributed by atoms with van der Waals surface area (Å²) in [4.78, 5) is 13.7. The average molecular weight is 419 g/mol. The van der Waals surface area contributed by atoms with Gasteiger partial charge in [0, 0.05) is 23.0 Å². The van der Waals surface area contributed by atoms with Crippen LogP contribution in [-0.4, -0.2) is 33.2 Å². The van der Waals surface area contributed by atoms with Crippen LogP contribution in [0.25, 0.3) is 0 Å². The molecule has 0 aliphatic heterocycles. The van der Waals surface area contributed by atoms with Gasteiger partial charge in [0.1, 0.15) is 0 Å². The molecule has 0 aromatic heterocycles. The third-order valence-electron chi connectivity index (χ3n) is 5.04. The van der Waals surface area contributed by atoms with Crippen LogP contribution in [0.1, 0.15) is 43.0 Å². The quantitative estimate of drug-likeness (QED) is 0.681. The molecule has 0 spiro atoms. The summed E-state index contributed by atoms with van der Waals surface area (Å²) >= 11 is 1.57. The van der Waals surface area contributed by atoms with E-state index in [1.54, 1.807) is 55.1 Å². The summed E-state index contributed by atoms with van der Waals surface area (Å²) in [5, 5.41) is 3.05. The fourth-order valence-electron chi connectivity index (χ4n) is 3.48. The minimum atomic E-state index is -3.66. The predicted molar refractivity (Wildman–Crippen MR) is 115 cm³/mol. The van der Waals surface area contributed by atoms with E-state index in [2.05, 4.69) is 5.32 Å². The number of carbonyl (C=O) groups excluding carboxylic acids is 1. The molecule has 150 valence electrons. The van der Waals surface area contributed by atoms with Gasteiger partial charge in [-0.3, -0.25) is 9.10 Å². The molecule has 0 unspecified atom stereocenters. The zero-order valence-corrected chi connectivity index (χ0v) is 17.9. The Hall–Kier alpha value is -1.99. The van der Waals surface area contributed by atoms with E-state index in [1.165, 1.54) is 4.31 Å². The zero-order chi connectivity index (χ0) is 20.1. The maximum atomic E-state index is 13.1. The standard InChI is InChI=1S/C21H26N2O3S2/c1-3-23(28(25,26)20-14-12-19(27-2)13-15-20)18-10-8-16(9-11-18)21(24)22-17-6-4-5-7-17/h8-15,17H,3-7H2,1-2H3,(H,22,24). The Morgan fingerprint density at radius 1 is 1.07 bits per heavy atom. The van der Waals surface area contributed by atoms with Crippen LogP contribution in [0.3, 0.4) is 0 Å². The largest absolute Gasteiger partial charge is 0.349 e. The predicted octanol–water partition coefficient (Wildman–Crippen LogP) is 4.30. The molecule has 1 aliphatic carbocycles. The highest BCUT2D eigenvalue weighted by Crippen LogP contribution is 2.26. The first kappa shape index (κ1) is 20.7. The Kier molecular flexibility index (Phi) is 6.67. The van der Waals surface area contributed by atoms with Crippen molar-refractivity contribution in [3.63, 3.8) is 0 Å². The van der Waals surface area contributed by atoms with E-state index in [-0.39, 0.29) is 16.8 Å². The van der Waals surface area contributed by atoms with Crippen molar-refractivity contribution in [3.8, 4) is 0 Å². The summed E-state index contributed by atoms with van der Waals surface area (Å²) in [7, 11) is -3.66. The summed E-state index contributed by atoms with van der Waals surface area (Å²) in [5.41, 5.74) is 1.10. The summed E-state index contributed by atoms with van der Waals surface area (Å²) in [6.45, 7) is 2.11. The maximum Gasteiger partial charge on any atom is 0.264 e. The van der Waals surface area contributed by atoms with Crippen molar-refractivity contribution in [2.45, 2.75) is 48.4 Å². The normalized spacial score (nSPS) is 14.8. The van der Waals surface area contributed by atoms with Crippen LogP contribution in [0.15, 0.2) is 58.3 Å². The lowest BCUT2D eigenvalue weighted by Gasteiger charge is -2.23. The zero-order valence-electron chi connectivity index (χ0n) is 16.2. The molecule has 0 atom stereocenters. The van der Waals surface area contributed by atoms with Gasteiger partial charge in [-0.25, -0.2) is 8.42 Å². The first-order chi connectivity index (χ1) is 13.5. The number of hydrogen-bond donors (Lipinski definition) is 1. The molecule has 1 saturated carbocycles. The van der Waals surface area contributed by atoms with Gasteiger partial charge in [0.15, 0.2) is 0 Å². The third kappa shape index (κ3) is 4.52. The SMILES string of the molecule is CCN(c1ccc(C(=O)NC2CCCC2)cc1)S(=O)(=O)c1ccc(SC)cc1. The smallest absolute Gasteiger partial charge is 0.264 e. The molecular formula is C21H26N2O3S2. The molecule has 28 heavy (non-hydrogen) atoms. The van der Waals surface area contributed by atoms with E-state index >= 15 is 0 Å². The average Bonchev–Trinajstić information content (AvgIpc) is 3.22. The van der Waals surface area contributed by atoms with Gasteiger partial charge in [0.2, 0.25) is 0 Å². The second-order valence-corrected chi connectivity index (χ2v) is 9.59. The molecule has 1 amide bonds. The molecule has 0 saturated heterocycles. The summed E-state index contributed by atoms with van der Waals surface area (Å²) in [5.74, 6) is -0.1000. The second kappa shape index (κ2) is 9.01. The monoisotopic (exact) mass is 418 g/mol. The summed E-state index contributed by atoms with van der Waals surface area (Å²) < 4.78 is 27.5. The van der Waals surface area contributed by atoms with Gasteiger partial charge in [-0.05, 0) is 74.6 Å². The van der Waals surface area contributed by atoms with E-state index < -0.39 is 10.0 Å². The Morgan fingerprint density at radius 3 is 2.21 bits per heavy atom. The van der Waals surface area contributed by atoms with E-state index in [1.807, 2.05) is 18.4 Å². The number of rotatable bonds is 7. The van der Waals surface area contributed by atoms with Gasteiger partial charge in [0.25, 0.3) is 15.9 Å². The van der Waals surface area contributed by atoms with Gasteiger partial charge < -0.3 is 5.32 Å². The van der Waals surface area contributed by atoms with Crippen LogP contribution in [0.4, 0.5) is 5.69 Å². The van der Waals surface area contributed by atoms with Crippen molar-refractivity contribution in [1.29, 1.82) is 0 Å². The maximum absolute atomic E-state index is 13.1. The van der Waals surface area contributed by atoms with Crippen molar-refractivity contribution in [1.82, 2.24) is 5.32 Å². The van der Waals surface area contributed by atoms with Gasteiger partial charge in [-0.15, -0.1) is 11.8 Å². The number of nitrogens with zero attached hydrogens (tertiary/aromatic N) is 1. The molecule has 5 nitrogen and oxygen atoms in total. The lowest BCUT2D eigenvalue weighted by molar-refractivity contribution is 0.0938. The van der Waals surface area contributed by atoms with Crippen LogP contribution >= 0.6 is 11.8 Å². The summed E-state index contributed by atoms with van der Waals surface area (Å²) in [6.07, 6.45) is 6.32. The number of amides is 1. The molecule has 2 aromatic carbocycles. The van der Waals surface area contributed by atoms with E-state index in [4.69, 9.17) is 0 Å².